The summed E-state index contributed by atoms with van der Waals surface area (Å²) in [6.45, 7) is 8.34. The van der Waals surface area contributed by atoms with E-state index in [2.05, 4.69) is 77.0 Å². The number of benzene rings is 1. The number of nitrogens with zero attached hydrogens (tertiary/aromatic N) is 2. The summed E-state index contributed by atoms with van der Waals surface area (Å²) < 4.78 is 0. The van der Waals surface area contributed by atoms with Crippen LogP contribution in [-0.2, 0) is 6.42 Å². The maximum atomic E-state index is 4.37. The normalized spacial score (nSPS) is 12.8. The minimum absolute atomic E-state index is 0. The molecule has 160 valence electrons. The summed E-state index contributed by atoms with van der Waals surface area (Å²) >= 11 is 0. The van der Waals surface area contributed by atoms with Crippen molar-refractivity contribution in [3.63, 3.8) is 0 Å². The Morgan fingerprint density at radius 1 is 1.03 bits per heavy atom. The average molecular weight is 509 g/mol. The van der Waals surface area contributed by atoms with Gasteiger partial charge in [0.15, 0.2) is 5.96 Å². The van der Waals surface area contributed by atoms with E-state index < -0.39 is 0 Å². The highest BCUT2D eigenvalue weighted by Crippen LogP contribution is 2.21. The molecule has 1 unspecified atom stereocenters. The molecule has 1 atom stereocenters. The maximum Gasteiger partial charge on any atom is 0.191 e. The lowest BCUT2D eigenvalue weighted by molar-refractivity contribution is 0.271. The summed E-state index contributed by atoms with van der Waals surface area (Å²) in [5.74, 6) is 0.830. The van der Waals surface area contributed by atoms with Gasteiger partial charge in [0, 0.05) is 50.0 Å². The van der Waals surface area contributed by atoms with Gasteiger partial charge in [0.1, 0.15) is 0 Å². The van der Waals surface area contributed by atoms with Crippen molar-refractivity contribution in [2.24, 2.45) is 4.99 Å². The first-order chi connectivity index (χ1) is 13.6. The lowest BCUT2D eigenvalue weighted by atomic mass is 9.90. The Kier molecular flexibility index (Phi) is 11.8. The Balaban J connectivity index is 0.00000420. The molecule has 6 heteroatoms. The van der Waals surface area contributed by atoms with Gasteiger partial charge >= 0.3 is 0 Å². The van der Waals surface area contributed by atoms with Crippen molar-refractivity contribution in [3.05, 3.63) is 66.0 Å². The molecule has 0 aliphatic carbocycles. The van der Waals surface area contributed by atoms with Crippen molar-refractivity contribution in [1.29, 1.82) is 0 Å². The molecule has 2 aromatic rings. The monoisotopic (exact) mass is 509 g/mol. The molecule has 0 saturated heterocycles. The van der Waals surface area contributed by atoms with E-state index in [0.29, 0.717) is 6.04 Å². The Bertz CT molecular complexity index is 702. The van der Waals surface area contributed by atoms with Crippen molar-refractivity contribution in [1.82, 2.24) is 20.9 Å². The summed E-state index contributed by atoms with van der Waals surface area (Å²) in [5, 5.41) is 10.8. The zero-order chi connectivity index (χ0) is 20.2. The van der Waals surface area contributed by atoms with Gasteiger partial charge in [0.05, 0.1) is 0 Å². The summed E-state index contributed by atoms with van der Waals surface area (Å²) in [4.78, 5) is 8.74. The van der Waals surface area contributed by atoms with Crippen molar-refractivity contribution in [2.45, 2.75) is 51.6 Å². The number of pyridine rings is 1. The van der Waals surface area contributed by atoms with Gasteiger partial charge in [0.25, 0.3) is 0 Å². The Labute approximate surface area is 193 Å². The number of guanidine groups is 1. The molecule has 2 rings (SSSR count). The van der Waals surface area contributed by atoms with E-state index in [1.54, 1.807) is 0 Å². The van der Waals surface area contributed by atoms with Gasteiger partial charge in [-0.05, 0) is 37.5 Å². The number of hydrogen-bond donors (Lipinski definition) is 3. The predicted octanol–water partition coefficient (Wildman–Crippen LogP) is 4.32. The SMILES string of the molecule is CCC(CC)(CNC(=NC)NCCc1ccccn1)NC(C)c1ccccc1.I. The second-order valence-corrected chi connectivity index (χ2v) is 7.19. The highest BCUT2D eigenvalue weighted by Gasteiger charge is 2.28. The third kappa shape index (κ3) is 8.30. The lowest BCUT2D eigenvalue weighted by Gasteiger charge is -2.37. The minimum Gasteiger partial charge on any atom is -0.356 e. The average Bonchev–Trinajstić information content (AvgIpc) is 2.76. The standard InChI is InChI=1S/C23H35N5.HI/c1-5-23(6-2,28-19(3)20-12-8-7-9-13-20)18-27-22(24-4)26-17-15-21-14-10-11-16-25-21;/h7-14,16,19,28H,5-6,15,17-18H2,1-4H3,(H2,24,26,27);1H. The first-order valence-electron chi connectivity index (χ1n) is 10.3. The fourth-order valence-corrected chi connectivity index (χ4v) is 3.37. The minimum atomic E-state index is 0. The highest BCUT2D eigenvalue weighted by atomic mass is 127. The molecule has 1 aromatic carbocycles. The first-order valence-corrected chi connectivity index (χ1v) is 10.3. The third-order valence-corrected chi connectivity index (χ3v) is 5.39. The van der Waals surface area contributed by atoms with Gasteiger partial charge in [-0.1, -0.05) is 50.2 Å². The van der Waals surface area contributed by atoms with E-state index in [1.165, 1.54) is 5.56 Å². The predicted molar refractivity (Wildman–Crippen MR) is 134 cm³/mol. The van der Waals surface area contributed by atoms with Gasteiger partial charge < -0.3 is 16.0 Å². The van der Waals surface area contributed by atoms with Crippen LogP contribution in [0.15, 0.2) is 59.7 Å². The second kappa shape index (κ2) is 13.5. The molecule has 1 aromatic heterocycles. The van der Waals surface area contributed by atoms with E-state index in [9.17, 15) is 0 Å². The van der Waals surface area contributed by atoms with E-state index in [1.807, 2.05) is 31.4 Å². The zero-order valence-corrected chi connectivity index (χ0v) is 20.4. The van der Waals surface area contributed by atoms with Crippen LogP contribution in [0.4, 0.5) is 0 Å². The largest absolute Gasteiger partial charge is 0.356 e. The molecule has 0 amide bonds. The molecule has 1 heterocycles. The van der Waals surface area contributed by atoms with Crippen LogP contribution in [0.1, 0.15) is 50.9 Å². The molecule has 0 saturated carbocycles. The van der Waals surface area contributed by atoms with Crippen molar-refractivity contribution in [3.8, 4) is 0 Å². The van der Waals surface area contributed by atoms with Gasteiger partial charge in [0.2, 0.25) is 0 Å². The Hall–Kier alpha value is -1.67. The van der Waals surface area contributed by atoms with Crippen LogP contribution in [0.2, 0.25) is 0 Å². The van der Waals surface area contributed by atoms with Gasteiger partial charge in [-0.25, -0.2) is 0 Å². The van der Waals surface area contributed by atoms with E-state index in [-0.39, 0.29) is 29.5 Å². The molecule has 0 radical (unpaired) electrons. The molecule has 5 nitrogen and oxygen atoms in total. The van der Waals surface area contributed by atoms with Crippen molar-refractivity contribution in [2.75, 3.05) is 20.1 Å². The lowest BCUT2D eigenvalue weighted by Crippen LogP contribution is -2.55. The van der Waals surface area contributed by atoms with Crippen molar-refractivity contribution >= 4 is 29.9 Å². The van der Waals surface area contributed by atoms with Crippen LogP contribution in [0.5, 0.6) is 0 Å². The maximum absolute atomic E-state index is 4.37. The second-order valence-electron chi connectivity index (χ2n) is 7.19. The fourth-order valence-electron chi connectivity index (χ4n) is 3.37. The van der Waals surface area contributed by atoms with Crippen LogP contribution in [0.25, 0.3) is 0 Å². The number of halogens is 1. The molecule has 0 bridgehead atoms. The molecule has 0 spiro atoms. The number of aliphatic imine (C=N–C) groups is 1. The number of nitrogens with one attached hydrogen (secondary N) is 3. The smallest absolute Gasteiger partial charge is 0.191 e. The van der Waals surface area contributed by atoms with Crippen LogP contribution in [-0.4, -0.2) is 36.6 Å². The topological polar surface area (TPSA) is 61.3 Å². The summed E-state index contributed by atoms with van der Waals surface area (Å²) in [6.07, 6.45) is 4.79. The van der Waals surface area contributed by atoms with E-state index >= 15 is 0 Å². The Morgan fingerprint density at radius 3 is 2.31 bits per heavy atom. The van der Waals surface area contributed by atoms with Crippen LogP contribution < -0.4 is 16.0 Å². The van der Waals surface area contributed by atoms with E-state index in [4.69, 9.17) is 0 Å². The molecule has 0 fully saturated rings. The number of aromatic nitrogens is 1. The van der Waals surface area contributed by atoms with Crippen LogP contribution in [0.3, 0.4) is 0 Å². The molecular formula is C23H36IN5. The van der Waals surface area contributed by atoms with Crippen LogP contribution >= 0.6 is 24.0 Å². The van der Waals surface area contributed by atoms with Gasteiger partial charge in [-0.3, -0.25) is 9.98 Å². The van der Waals surface area contributed by atoms with Gasteiger partial charge in [-0.15, -0.1) is 24.0 Å². The van der Waals surface area contributed by atoms with Crippen molar-refractivity contribution < 1.29 is 0 Å². The third-order valence-electron chi connectivity index (χ3n) is 5.39. The summed E-state index contributed by atoms with van der Waals surface area (Å²) in [7, 11) is 1.82. The van der Waals surface area contributed by atoms with E-state index in [0.717, 1.165) is 44.0 Å². The van der Waals surface area contributed by atoms with Gasteiger partial charge in [-0.2, -0.15) is 0 Å². The highest BCUT2D eigenvalue weighted by molar-refractivity contribution is 14.0. The Morgan fingerprint density at radius 2 is 1.72 bits per heavy atom. The zero-order valence-electron chi connectivity index (χ0n) is 18.1. The molecule has 3 N–H and O–H groups in total. The van der Waals surface area contributed by atoms with Crippen LogP contribution in [0, 0.1) is 0 Å². The molecule has 29 heavy (non-hydrogen) atoms. The molecule has 0 aliphatic rings. The summed E-state index contributed by atoms with van der Waals surface area (Å²) in [6, 6.07) is 16.9. The molecule has 0 aliphatic heterocycles. The molecular weight excluding hydrogens is 473 g/mol. The first kappa shape index (κ1) is 25.4. The number of rotatable bonds is 10. The quantitative estimate of drug-likeness (QED) is 0.254. The summed E-state index contributed by atoms with van der Waals surface area (Å²) in [5.41, 5.74) is 2.40. The fraction of sp³-hybridized carbons (Fsp3) is 0.478. The number of hydrogen-bond acceptors (Lipinski definition) is 3.